The van der Waals surface area contributed by atoms with Gasteiger partial charge in [0.1, 0.15) is 17.1 Å². The summed E-state index contributed by atoms with van der Waals surface area (Å²) < 4.78 is 10.7. The number of nitrogens with zero attached hydrogens (tertiary/aromatic N) is 3. The molecule has 1 aromatic heterocycles. The minimum absolute atomic E-state index is 0.108. The number of halogens is 1. The number of anilines is 1. The minimum atomic E-state index is -0.108. The van der Waals surface area contributed by atoms with Crippen LogP contribution in [-0.4, -0.2) is 43.4 Å². The van der Waals surface area contributed by atoms with E-state index in [0.29, 0.717) is 11.0 Å². The van der Waals surface area contributed by atoms with Gasteiger partial charge in [0.25, 0.3) is 0 Å². The van der Waals surface area contributed by atoms with E-state index in [1.807, 2.05) is 6.92 Å². The van der Waals surface area contributed by atoms with E-state index in [2.05, 4.69) is 14.9 Å². The molecule has 0 bridgehead atoms. The van der Waals surface area contributed by atoms with Crippen molar-refractivity contribution in [2.45, 2.75) is 19.4 Å². The van der Waals surface area contributed by atoms with Crippen LogP contribution < -0.4 is 4.90 Å². The van der Waals surface area contributed by atoms with Crippen molar-refractivity contribution in [1.29, 1.82) is 0 Å². The summed E-state index contributed by atoms with van der Waals surface area (Å²) >= 11 is 6.06. The van der Waals surface area contributed by atoms with Gasteiger partial charge in [-0.3, -0.25) is 0 Å². The molecule has 0 N–H and O–H groups in total. The smallest absolute Gasteiger partial charge is 0.161 e. The highest BCUT2D eigenvalue weighted by molar-refractivity contribution is 6.29. The quantitative estimate of drug-likeness (QED) is 0.785. The molecule has 6 heteroatoms. The second-order valence-electron chi connectivity index (χ2n) is 4.14. The molecule has 1 unspecified atom stereocenters. The maximum Gasteiger partial charge on any atom is 0.161 e. The molecule has 0 aliphatic carbocycles. The third-order valence-corrected chi connectivity index (χ3v) is 3.17. The van der Waals surface area contributed by atoms with E-state index in [1.165, 1.54) is 0 Å². The molecule has 1 aromatic rings. The number of ether oxygens (including phenoxy) is 2. The summed E-state index contributed by atoms with van der Waals surface area (Å²) in [7, 11) is 1.66. The van der Waals surface area contributed by atoms with E-state index in [4.69, 9.17) is 21.1 Å². The number of hydrogen-bond donors (Lipinski definition) is 0. The first kappa shape index (κ1) is 13.5. The predicted molar refractivity (Wildman–Crippen MR) is 70.1 cm³/mol. The van der Waals surface area contributed by atoms with Crippen LogP contribution in [0.25, 0.3) is 0 Å². The van der Waals surface area contributed by atoms with Crippen LogP contribution in [0.15, 0.2) is 6.07 Å². The summed E-state index contributed by atoms with van der Waals surface area (Å²) in [4.78, 5) is 10.9. The first-order chi connectivity index (χ1) is 8.74. The van der Waals surface area contributed by atoms with E-state index in [9.17, 15) is 0 Å². The number of morpholine rings is 1. The van der Waals surface area contributed by atoms with Crippen LogP contribution in [0.3, 0.4) is 0 Å². The van der Waals surface area contributed by atoms with Gasteiger partial charge in [0, 0.05) is 26.3 Å². The van der Waals surface area contributed by atoms with Gasteiger partial charge in [-0.15, -0.1) is 0 Å². The van der Waals surface area contributed by atoms with Gasteiger partial charge in [0.2, 0.25) is 0 Å². The van der Waals surface area contributed by atoms with Gasteiger partial charge in [-0.25, -0.2) is 9.97 Å². The van der Waals surface area contributed by atoms with Crippen molar-refractivity contribution in [3.05, 3.63) is 17.0 Å². The fourth-order valence-electron chi connectivity index (χ4n) is 1.98. The molecule has 2 rings (SSSR count). The molecule has 0 aromatic carbocycles. The molecule has 0 saturated carbocycles. The molecule has 5 nitrogen and oxygen atoms in total. The Bertz CT molecular complexity index is 393. The zero-order chi connectivity index (χ0) is 13.0. The highest BCUT2D eigenvalue weighted by atomic mass is 35.5. The third kappa shape index (κ3) is 3.10. The average molecular weight is 272 g/mol. The number of hydrogen-bond acceptors (Lipinski definition) is 5. The van der Waals surface area contributed by atoms with E-state index >= 15 is 0 Å². The van der Waals surface area contributed by atoms with Gasteiger partial charge in [-0.1, -0.05) is 18.5 Å². The molecule has 100 valence electrons. The zero-order valence-electron chi connectivity index (χ0n) is 10.7. The van der Waals surface area contributed by atoms with Crippen molar-refractivity contribution >= 4 is 17.4 Å². The lowest BCUT2D eigenvalue weighted by molar-refractivity contribution is 0.0924. The van der Waals surface area contributed by atoms with Crippen molar-refractivity contribution in [2.75, 3.05) is 38.3 Å². The summed E-state index contributed by atoms with van der Waals surface area (Å²) in [6.45, 7) is 5.14. The monoisotopic (exact) mass is 271 g/mol. The number of rotatable bonds is 4. The molecule has 0 spiro atoms. The molecule has 1 aliphatic heterocycles. The molecule has 1 aliphatic rings. The summed E-state index contributed by atoms with van der Waals surface area (Å²) in [6, 6.07) is 1.79. The van der Waals surface area contributed by atoms with Gasteiger partial charge in [0.15, 0.2) is 5.82 Å². The molecule has 1 atom stereocenters. The van der Waals surface area contributed by atoms with Gasteiger partial charge in [-0.2, -0.15) is 0 Å². The summed E-state index contributed by atoms with van der Waals surface area (Å²) in [5.41, 5.74) is 0. The summed E-state index contributed by atoms with van der Waals surface area (Å²) in [5, 5.41) is 0.456. The fraction of sp³-hybridized carbons (Fsp3) is 0.667. The Kier molecular flexibility index (Phi) is 4.74. The van der Waals surface area contributed by atoms with Crippen molar-refractivity contribution < 1.29 is 9.47 Å². The van der Waals surface area contributed by atoms with Gasteiger partial charge in [0.05, 0.1) is 13.2 Å². The maximum atomic E-state index is 6.06. The Labute approximate surface area is 112 Å². The van der Waals surface area contributed by atoms with E-state index in [1.54, 1.807) is 13.2 Å². The molecule has 0 amide bonds. The minimum Gasteiger partial charge on any atom is -0.378 e. The zero-order valence-corrected chi connectivity index (χ0v) is 11.5. The molecule has 1 fully saturated rings. The summed E-state index contributed by atoms with van der Waals surface area (Å²) in [6.07, 6.45) is 0.711. The van der Waals surface area contributed by atoms with Crippen molar-refractivity contribution in [3.63, 3.8) is 0 Å². The van der Waals surface area contributed by atoms with Crippen molar-refractivity contribution in [3.8, 4) is 0 Å². The Hall–Kier alpha value is -0.910. The summed E-state index contributed by atoms with van der Waals surface area (Å²) in [5.74, 6) is 1.50. The molecular weight excluding hydrogens is 254 g/mol. The van der Waals surface area contributed by atoms with Crippen LogP contribution in [0, 0.1) is 0 Å². The first-order valence-corrected chi connectivity index (χ1v) is 6.52. The second-order valence-corrected chi connectivity index (χ2v) is 4.53. The first-order valence-electron chi connectivity index (χ1n) is 6.14. The number of aromatic nitrogens is 2. The van der Waals surface area contributed by atoms with Crippen molar-refractivity contribution in [2.24, 2.45) is 0 Å². The second kappa shape index (κ2) is 6.31. The third-order valence-electron chi connectivity index (χ3n) is 2.98. The normalized spacial score (nSPS) is 17.8. The van der Waals surface area contributed by atoms with E-state index in [0.717, 1.165) is 38.5 Å². The standard InChI is InChI=1S/C12H18ClN3O2/c1-3-9(17-2)12-14-10(13)8-11(15-12)16-4-6-18-7-5-16/h8-9H,3-7H2,1-2H3. The van der Waals surface area contributed by atoms with Crippen LogP contribution in [0.2, 0.25) is 5.15 Å². The Morgan fingerprint density at radius 3 is 2.78 bits per heavy atom. The van der Waals surface area contributed by atoms with Gasteiger partial charge in [-0.05, 0) is 6.42 Å². The number of methoxy groups -OCH3 is 1. The predicted octanol–water partition coefficient (Wildman–Crippen LogP) is 2.06. The Balaban J connectivity index is 2.24. The highest BCUT2D eigenvalue weighted by Crippen LogP contribution is 2.23. The van der Waals surface area contributed by atoms with E-state index < -0.39 is 0 Å². The fourth-order valence-corrected chi connectivity index (χ4v) is 2.16. The van der Waals surface area contributed by atoms with Gasteiger partial charge >= 0.3 is 0 Å². The van der Waals surface area contributed by atoms with Crippen LogP contribution >= 0.6 is 11.6 Å². The van der Waals surface area contributed by atoms with E-state index in [-0.39, 0.29) is 6.10 Å². The maximum absolute atomic E-state index is 6.06. The van der Waals surface area contributed by atoms with Crippen LogP contribution in [0.1, 0.15) is 25.3 Å². The van der Waals surface area contributed by atoms with Gasteiger partial charge < -0.3 is 14.4 Å². The molecular formula is C12H18ClN3O2. The Morgan fingerprint density at radius 2 is 2.17 bits per heavy atom. The largest absolute Gasteiger partial charge is 0.378 e. The molecule has 0 radical (unpaired) electrons. The topological polar surface area (TPSA) is 47.5 Å². The lowest BCUT2D eigenvalue weighted by Gasteiger charge is -2.28. The van der Waals surface area contributed by atoms with Crippen LogP contribution in [-0.2, 0) is 9.47 Å². The molecule has 2 heterocycles. The SMILES string of the molecule is CCC(OC)c1nc(Cl)cc(N2CCOCC2)n1. The molecule has 1 saturated heterocycles. The lowest BCUT2D eigenvalue weighted by Crippen LogP contribution is -2.37. The van der Waals surface area contributed by atoms with Crippen LogP contribution in [0.4, 0.5) is 5.82 Å². The molecule has 18 heavy (non-hydrogen) atoms. The Morgan fingerprint density at radius 1 is 1.44 bits per heavy atom. The average Bonchev–Trinajstić information content (AvgIpc) is 2.40. The lowest BCUT2D eigenvalue weighted by atomic mass is 10.2. The van der Waals surface area contributed by atoms with Crippen LogP contribution in [0.5, 0.6) is 0 Å². The highest BCUT2D eigenvalue weighted by Gasteiger charge is 2.18. The van der Waals surface area contributed by atoms with Crippen molar-refractivity contribution in [1.82, 2.24) is 9.97 Å².